The van der Waals surface area contributed by atoms with E-state index >= 15 is 0 Å². The highest BCUT2D eigenvalue weighted by Gasteiger charge is 2.18. The van der Waals surface area contributed by atoms with Gasteiger partial charge < -0.3 is 3.79 Å². The first-order valence-electron chi connectivity index (χ1n) is 6.46. The van der Waals surface area contributed by atoms with Gasteiger partial charge in [-0.1, -0.05) is 63.4 Å². The summed E-state index contributed by atoms with van der Waals surface area (Å²) in [6.07, 6.45) is 7.93. The minimum atomic E-state index is -0.801. The van der Waals surface area contributed by atoms with E-state index in [1.54, 1.807) is 0 Å². The van der Waals surface area contributed by atoms with Gasteiger partial charge in [0.2, 0.25) is 0 Å². The molecule has 0 N–H and O–H groups in total. The molecule has 0 aliphatic rings. The molecule has 0 saturated carbocycles. The van der Waals surface area contributed by atoms with Crippen LogP contribution in [0.3, 0.4) is 0 Å². The van der Waals surface area contributed by atoms with Gasteiger partial charge in [0.25, 0.3) is 0 Å². The summed E-state index contributed by atoms with van der Waals surface area (Å²) in [5.74, 6) is 0. The van der Waals surface area contributed by atoms with Crippen molar-refractivity contribution in [3.05, 3.63) is 0 Å². The fourth-order valence-electron chi connectivity index (χ4n) is 1.57. The Kier molecular flexibility index (Phi) is 12.0. The number of hydrogen-bond donors (Lipinski definition) is 0. The lowest BCUT2D eigenvalue weighted by atomic mass is 10.4. The van der Waals surface area contributed by atoms with Gasteiger partial charge >= 0.3 is 14.5 Å². The van der Waals surface area contributed by atoms with Crippen LogP contribution in [0.2, 0.25) is 10.6 Å². The molecule has 2 heteroatoms. The quantitative estimate of drug-likeness (QED) is 0.387. The minimum absolute atomic E-state index is 0.801. The van der Waals surface area contributed by atoms with E-state index in [-0.39, 0.29) is 0 Å². The van der Waals surface area contributed by atoms with Crippen molar-refractivity contribution < 1.29 is 3.79 Å². The smallest absolute Gasteiger partial charge is 0.460 e. The van der Waals surface area contributed by atoms with Gasteiger partial charge in [-0.15, -0.1) is 0 Å². The lowest BCUT2D eigenvalue weighted by Gasteiger charge is -2.11. The number of rotatable bonds is 10. The van der Waals surface area contributed by atoms with Crippen LogP contribution in [-0.2, 0) is 3.79 Å². The zero-order valence-electron chi connectivity index (χ0n) is 10.3. The zero-order valence-corrected chi connectivity index (χ0v) is 11.5. The van der Waals surface area contributed by atoms with E-state index in [1.165, 1.54) is 49.1 Å². The van der Waals surface area contributed by atoms with Gasteiger partial charge in [-0.3, -0.25) is 0 Å². The van der Waals surface area contributed by atoms with Gasteiger partial charge in [0.1, 0.15) is 0 Å². The van der Waals surface area contributed by atoms with Crippen LogP contribution in [0.4, 0.5) is 0 Å². The third-order valence-electron chi connectivity index (χ3n) is 2.61. The van der Waals surface area contributed by atoms with Crippen molar-refractivity contribution in [3.63, 3.8) is 0 Å². The first-order valence-corrected chi connectivity index (χ1v) is 8.57. The fourth-order valence-corrected chi connectivity index (χ4v) is 4.42. The van der Waals surface area contributed by atoms with Crippen LogP contribution in [0.1, 0.15) is 59.3 Å². The van der Waals surface area contributed by atoms with Crippen LogP contribution in [0, 0.1) is 0 Å². The molecule has 0 radical (unpaired) electrons. The predicted molar refractivity (Wildman–Crippen MR) is 66.0 cm³/mol. The molecule has 0 bridgehead atoms. The van der Waals surface area contributed by atoms with Gasteiger partial charge in [-0.25, -0.2) is 0 Å². The molecule has 1 nitrogen and oxygen atoms in total. The van der Waals surface area contributed by atoms with Crippen molar-refractivity contribution in [3.8, 4) is 0 Å². The molecule has 0 heterocycles. The SMILES string of the molecule is CCCC[O][Al]([CH2]CCC)[CH2]CCC. The van der Waals surface area contributed by atoms with Crippen molar-refractivity contribution in [1.29, 1.82) is 0 Å². The second-order valence-electron chi connectivity index (χ2n) is 4.13. The van der Waals surface area contributed by atoms with E-state index < -0.39 is 14.5 Å². The highest BCUT2D eigenvalue weighted by atomic mass is 27.2. The van der Waals surface area contributed by atoms with Crippen molar-refractivity contribution in [2.45, 2.75) is 69.9 Å². The molecule has 0 saturated heterocycles. The molecule has 0 amide bonds. The van der Waals surface area contributed by atoms with Crippen molar-refractivity contribution in [2.75, 3.05) is 6.61 Å². The van der Waals surface area contributed by atoms with E-state index in [0.29, 0.717) is 0 Å². The average Bonchev–Trinajstić information content (AvgIpc) is 2.21. The molecule has 0 rings (SSSR count). The fraction of sp³-hybridized carbons (Fsp3) is 1.00. The molecule has 0 aliphatic carbocycles. The average molecular weight is 214 g/mol. The van der Waals surface area contributed by atoms with E-state index in [4.69, 9.17) is 3.79 Å². The van der Waals surface area contributed by atoms with E-state index in [9.17, 15) is 0 Å². The van der Waals surface area contributed by atoms with Crippen LogP contribution in [0.15, 0.2) is 0 Å². The summed E-state index contributed by atoms with van der Waals surface area (Å²) in [4.78, 5) is 0. The molecular weight excluding hydrogens is 187 g/mol. The van der Waals surface area contributed by atoms with E-state index in [2.05, 4.69) is 20.8 Å². The maximum atomic E-state index is 6.03. The third-order valence-corrected chi connectivity index (χ3v) is 5.42. The van der Waals surface area contributed by atoms with Crippen LogP contribution in [0.5, 0.6) is 0 Å². The number of unbranched alkanes of at least 4 members (excludes halogenated alkanes) is 3. The Morgan fingerprint density at radius 2 is 1.29 bits per heavy atom. The minimum Gasteiger partial charge on any atom is -0.501 e. The summed E-state index contributed by atoms with van der Waals surface area (Å²) in [5.41, 5.74) is 0. The predicted octanol–water partition coefficient (Wildman–Crippen LogP) is 4.39. The van der Waals surface area contributed by atoms with E-state index in [1.807, 2.05) is 0 Å². The summed E-state index contributed by atoms with van der Waals surface area (Å²) < 4.78 is 6.03. The number of hydrogen-bond acceptors (Lipinski definition) is 1. The Hall–Kier alpha value is 0.492. The molecule has 14 heavy (non-hydrogen) atoms. The monoisotopic (exact) mass is 214 g/mol. The van der Waals surface area contributed by atoms with Gasteiger partial charge in [0.05, 0.1) is 0 Å². The van der Waals surface area contributed by atoms with Crippen LogP contribution in [0.25, 0.3) is 0 Å². The largest absolute Gasteiger partial charge is 0.501 e. The zero-order chi connectivity index (χ0) is 10.6. The van der Waals surface area contributed by atoms with Crippen LogP contribution in [-0.4, -0.2) is 21.1 Å². The third kappa shape index (κ3) is 9.06. The van der Waals surface area contributed by atoms with Crippen LogP contribution < -0.4 is 0 Å². The van der Waals surface area contributed by atoms with Crippen molar-refractivity contribution in [1.82, 2.24) is 0 Å². The Bertz CT molecular complexity index is 98.5. The summed E-state index contributed by atoms with van der Waals surface area (Å²) >= 11 is -0.801. The Balaban J connectivity index is 3.49. The Labute approximate surface area is 95.0 Å². The molecule has 0 unspecified atom stereocenters. The molecular formula is C12H27AlO. The maximum absolute atomic E-state index is 6.03. The molecule has 0 aliphatic heterocycles. The van der Waals surface area contributed by atoms with Gasteiger partial charge in [0, 0.05) is 6.61 Å². The van der Waals surface area contributed by atoms with Gasteiger partial charge in [-0.05, 0) is 6.42 Å². The Morgan fingerprint density at radius 1 is 0.786 bits per heavy atom. The normalized spacial score (nSPS) is 10.5. The summed E-state index contributed by atoms with van der Waals surface area (Å²) in [6.45, 7) is 7.81. The molecule has 0 aromatic heterocycles. The first-order chi connectivity index (χ1) is 6.85. The van der Waals surface area contributed by atoms with Crippen molar-refractivity contribution >= 4 is 14.5 Å². The van der Waals surface area contributed by atoms with Gasteiger partial charge in [-0.2, -0.15) is 0 Å². The second kappa shape index (κ2) is 11.6. The molecule has 0 aromatic carbocycles. The summed E-state index contributed by atoms with van der Waals surface area (Å²) in [5, 5.41) is 2.81. The first kappa shape index (κ1) is 14.5. The molecule has 0 atom stereocenters. The van der Waals surface area contributed by atoms with Crippen LogP contribution >= 0.6 is 0 Å². The van der Waals surface area contributed by atoms with Gasteiger partial charge in [0.15, 0.2) is 0 Å². The highest BCUT2D eigenvalue weighted by molar-refractivity contribution is 6.51. The summed E-state index contributed by atoms with van der Waals surface area (Å²) in [7, 11) is 0. The molecule has 0 aromatic rings. The topological polar surface area (TPSA) is 9.23 Å². The van der Waals surface area contributed by atoms with Crippen molar-refractivity contribution in [2.24, 2.45) is 0 Å². The molecule has 84 valence electrons. The lowest BCUT2D eigenvalue weighted by molar-refractivity contribution is 0.307. The maximum Gasteiger partial charge on any atom is 0.460 e. The standard InChI is InChI=1S/C4H9O.2C4H9.Al/c1-2-3-4-5;2*1-3-4-2;/h2-4H2,1H3;2*1,3-4H2,2H3;/q-1;;;+1. The van der Waals surface area contributed by atoms with E-state index in [0.717, 1.165) is 6.61 Å². The molecule has 0 fully saturated rings. The molecule has 0 spiro atoms. The second-order valence-corrected chi connectivity index (χ2v) is 6.86. The lowest BCUT2D eigenvalue weighted by Crippen LogP contribution is -2.18. The summed E-state index contributed by atoms with van der Waals surface area (Å²) in [6, 6.07) is 0. The Morgan fingerprint density at radius 3 is 1.71 bits per heavy atom. The highest BCUT2D eigenvalue weighted by Crippen LogP contribution is 2.11.